The number of nitrogens with zero attached hydrogens (tertiary/aromatic N) is 2. The largest absolute Gasteiger partial charge is 0.496 e. The van der Waals surface area contributed by atoms with E-state index in [0.29, 0.717) is 28.3 Å². The molecular formula is C34H35BrN4O5. The number of fused-ring (bicyclic) bond motifs is 2. The number of para-hydroxylation sites is 2. The van der Waals surface area contributed by atoms with Crippen LogP contribution in [0.1, 0.15) is 41.4 Å². The maximum atomic E-state index is 14.4. The van der Waals surface area contributed by atoms with E-state index in [1.54, 1.807) is 69.3 Å². The van der Waals surface area contributed by atoms with Crippen LogP contribution in [0.25, 0.3) is 10.8 Å². The van der Waals surface area contributed by atoms with E-state index in [1.165, 1.54) is 4.90 Å². The lowest BCUT2D eigenvalue weighted by atomic mass is 10.0. The van der Waals surface area contributed by atoms with Crippen molar-refractivity contribution in [2.75, 3.05) is 30.5 Å². The molecule has 9 nitrogen and oxygen atoms in total. The number of benzene rings is 4. The molecule has 4 aromatic rings. The standard InChI is InChI=1S/C34H35BrN4O5/c1-20(36-3)32(41)37-28-19-39(33(42)23-11-9-22(10-12-23)21(2)40)30-8-6-5-7-29(30)38(34(28)43)18-27-26-15-14-25(35)17-24(26)13-16-31(27)44-4/h5-17,20-21,28,36,40H,18-19H2,1-4H3,(H,37,41)/t20-,21?,28?/m0/s1. The SMILES string of the molecule is CN[C@@H](C)C(=O)NC1CN(C(=O)c2ccc(C(C)O)cc2)c2ccccc2N(Cc2c(OC)ccc3cc(Br)ccc23)C1=O. The summed E-state index contributed by atoms with van der Waals surface area (Å²) in [7, 11) is 3.26. The molecular weight excluding hydrogens is 624 g/mol. The zero-order valence-corrected chi connectivity index (χ0v) is 26.6. The minimum absolute atomic E-state index is 0.0782. The van der Waals surface area contributed by atoms with Crippen molar-refractivity contribution in [3.05, 3.63) is 100 Å². The molecule has 44 heavy (non-hydrogen) atoms. The van der Waals surface area contributed by atoms with Crippen LogP contribution in [0.4, 0.5) is 11.4 Å². The van der Waals surface area contributed by atoms with Gasteiger partial charge in [-0.25, -0.2) is 0 Å². The van der Waals surface area contributed by atoms with E-state index >= 15 is 0 Å². The zero-order chi connectivity index (χ0) is 31.5. The Bertz CT molecular complexity index is 1710. The predicted molar refractivity (Wildman–Crippen MR) is 175 cm³/mol. The fraction of sp³-hybridized carbons (Fsp3) is 0.265. The van der Waals surface area contributed by atoms with Crippen LogP contribution in [0.15, 0.2) is 83.3 Å². The Hall–Kier alpha value is -4.25. The van der Waals surface area contributed by atoms with E-state index in [-0.39, 0.29) is 30.8 Å². The van der Waals surface area contributed by atoms with Crippen molar-refractivity contribution < 1.29 is 24.2 Å². The average molecular weight is 660 g/mol. The van der Waals surface area contributed by atoms with Gasteiger partial charge in [0.15, 0.2) is 0 Å². The Balaban J connectivity index is 1.64. The number of amides is 3. The molecule has 0 fully saturated rings. The first-order valence-corrected chi connectivity index (χ1v) is 15.1. The van der Waals surface area contributed by atoms with Gasteiger partial charge in [-0.1, -0.05) is 52.3 Å². The van der Waals surface area contributed by atoms with Crippen molar-refractivity contribution in [2.45, 2.75) is 38.6 Å². The third-order valence-corrected chi connectivity index (χ3v) is 8.50. The van der Waals surface area contributed by atoms with Gasteiger partial charge in [-0.3, -0.25) is 14.4 Å². The Labute approximate surface area is 264 Å². The van der Waals surface area contributed by atoms with Crippen LogP contribution in [-0.2, 0) is 16.1 Å². The molecule has 0 saturated heterocycles. The number of carbonyl (C=O) groups is 3. The normalized spacial score (nSPS) is 16.2. The Morgan fingerprint density at radius 2 is 1.73 bits per heavy atom. The molecule has 0 bridgehead atoms. The molecule has 1 heterocycles. The minimum atomic E-state index is -1.04. The van der Waals surface area contributed by atoms with E-state index in [1.807, 2.05) is 42.5 Å². The Morgan fingerprint density at radius 1 is 1.02 bits per heavy atom. The molecule has 3 N–H and O–H groups in total. The van der Waals surface area contributed by atoms with Gasteiger partial charge in [0.1, 0.15) is 11.8 Å². The molecule has 0 aliphatic carbocycles. The molecule has 228 valence electrons. The number of aliphatic hydroxyl groups excluding tert-OH is 1. The average Bonchev–Trinajstić information content (AvgIpc) is 3.14. The molecule has 3 amide bonds. The second-order valence-electron chi connectivity index (χ2n) is 10.8. The summed E-state index contributed by atoms with van der Waals surface area (Å²) >= 11 is 3.54. The van der Waals surface area contributed by atoms with Crippen LogP contribution in [0.2, 0.25) is 0 Å². The molecule has 3 atom stereocenters. The van der Waals surface area contributed by atoms with Crippen molar-refractivity contribution in [2.24, 2.45) is 0 Å². The molecule has 10 heteroatoms. The van der Waals surface area contributed by atoms with Crippen molar-refractivity contribution in [3.63, 3.8) is 0 Å². The number of hydrogen-bond acceptors (Lipinski definition) is 6. The van der Waals surface area contributed by atoms with Crippen molar-refractivity contribution in [1.82, 2.24) is 10.6 Å². The summed E-state index contributed by atoms with van der Waals surface area (Å²) in [6.45, 7) is 3.42. The lowest BCUT2D eigenvalue weighted by Gasteiger charge is -2.27. The number of aliphatic hydroxyl groups is 1. The van der Waals surface area contributed by atoms with Crippen LogP contribution in [-0.4, -0.2) is 55.6 Å². The number of anilines is 2. The van der Waals surface area contributed by atoms with E-state index in [9.17, 15) is 19.5 Å². The number of likely N-dealkylation sites (N-methyl/N-ethyl adjacent to an activating group) is 1. The van der Waals surface area contributed by atoms with E-state index < -0.39 is 18.2 Å². The molecule has 5 rings (SSSR count). The molecule has 0 aromatic heterocycles. The summed E-state index contributed by atoms with van der Waals surface area (Å²) in [4.78, 5) is 44.8. The highest BCUT2D eigenvalue weighted by atomic mass is 79.9. The van der Waals surface area contributed by atoms with Gasteiger partial charge in [-0.2, -0.15) is 0 Å². The molecule has 0 spiro atoms. The number of hydrogen-bond donors (Lipinski definition) is 3. The highest BCUT2D eigenvalue weighted by Crippen LogP contribution is 2.38. The summed E-state index contributed by atoms with van der Waals surface area (Å²) < 4.78 is 6.68. The Morgan fingerprint density at radius 3 is 2.39 bits per heavy atom. The third kappa shape index (κ3) is 6.19. The van der Waals surface area contributed by atoms with Crippen LogP contribution < -0.4 is 25.2 Å². The van der Waals surface area contributed by atoms with Gasteiger partial charge in [0.2, 0.25) is 5.91 Å². The van der Waals surface area contributed by atoms with Crippen molar-refractivity contribution >= 4 is 55.8 Å². The van der Waals surface area contributed by atoms with Gasteiger partial charge in [-0.15, -0.1) is 0 Å². The molecule has 1 aliphatic rings. The monoisotopic (exact) mass is 658 g/mol. The summed E-state index contributed by atoms with van der Waals surface area (Å²) in [6.07, 6.45) is -0.676. The molecule has 0 saturated carbocycles. The molecule has 1 aliphatic heterocycles. The highest BCUT2D eigenvalue weighted by Gasteiger charge is 2.38. The second kappa shape index (κ2) is 13.2. The summed E-state index contributed by atoms with van der Waals surface area (Å²) in [5.74, 6) is -0.439. The fourth-order valence-electron chi connectivity index (χ4n) is 5.39. The van der Waals surface area contributed by atoms with E-state index in [2.05, 4.69) is 26.6 Å². The minimum Gasteiger partial charge on any atom is -0.496 e. The van der Waals surface area contributed by atoms with Crippen molar-refractivity contribution in [1.29, 1.82) is 0 Å². The molecule has 2 unspecified atom stereocenters. The fourth-order valence-corrected chi connectivity index (χ4v) is 5.77. The number of halogens is 1. The lowest BCUT2D eigenvalue weighted by molar-refractivity contribution is -0.128. The van der Waals surface area contributed by atoms with Gasteiger partial charge in [0, 0.05) is 15.6 Å². The number of ether oxygens (including phenoxy) is 1. The van der Waals surface area contributed by atoms with Gasteiger partial charge in [0.25, 0.3) is 11.8 Å². The molecule has 0 radical (unpaired) electrons. The van der Waals surface area contributed by atoms with Crippen LogP contribution in [0.5, 0.6) is 5.75 Å². The maximum absolute atomic E-state index is 14.4. The first kappa shape index (κ1) is 31.2. The Kier molecular flexibility index (Phi) is 9.33. The van der Waals surface area contributed by atoms with Gasteiger partial charge in [0.05, 0.1) is 43.7 Å². The van der Waals surface area contributed by atoms with Gasteiger partial charge >= 0.3 is 0 Å². The highest BCUT2D eigenvalue weighted by molar-refractivity contribution is 9.10. The molecule has 4 aromatic carbocycles. The van der Waals surface area contributed by atoms with Crippen LogP contribution >= 0.6 is 15.9 Å². The number of nitrogens with one attached hydrogen (secondary N) is 2. The predicted octanol–water partition coefficient (Wildman–Crippen LogP) is 4.95. The van der Waals surface area contributed by atoms with Crippen LogP contribution in [0.3, 0.4) is 0 Å². The van der Waals surface area contributed by atoms with Crippen LogP contribution in [0, 0.1) is 0 Å². The van der Waals surface area contributed by atoms with E-state index in [4.69, 9.17) is 4.74 Å². The third-order valence-electron chi connectivity index (χ3n) is 8.01. The smallest absolute Gasteiger partial charge is 0.258 e. The van der Waals surface area contributed by atoms with Gasteiger partial charge in [-0.05, 0) is 79.7 Å². The number of rotatable bonds is 8. The second-order valence-corrected chi connectivity index (χ2v) is 11.7. The maximum Gasteiger partial charge on any atom is 0.258 e. The van der Waals surface area contributed by atoms with E-state index in [0.717, 1.165) is 20.8 Å². The lowest BCUT2D eigenvalue weighted by Crippen LogP contribution is -2.55. The first-order valence-electron chi connectivity index (χ1n) is 14.4. The summed E-state index contributed by atoms with van der Waals surface area (Å²) in [5, 5.41) is 17.6. The first-order chi connectivity index (χ1) is 21.1. The van der Waals surface area contributed by atoms with Gasteiger partial charge < -0.3 is 30.3 Å². The zero-order valence-electron chi connectivity index (χ0n) is 25.0. The number of carbonyl (C=O) groups excluding carboxylic acids is 3. The van der Waals surface area contributed by atoms with Crippen molar-refractivity contribution in [3.8, 4) is 5.75 Å². The quantitative estimate of drug-likeness (QED) is 0.247. The number of methoxy groups -OCH3 is 1. The summed E-state index contributed by atoms with van der Waals surface area (Å²) in [6, 6.07) is 22.1. The summed E-state index contributed by atoms with van der Waals surface area (Å²) in [5.41, 5.74) is 2.93. The topological polar surface area (TPSA) is 111 Å².